The van der Waals surface area contributed by atoms with Gasteiger partial charge in [-0.15, -0.1) is 72.8 Å². The van der Waals surface area contributed by atoms with Gasteiger partial charge in [0.2, 0.25) is 0 Å². The molecule has 0 saturated heterocycles. The molecule has 0 radical (unpaired) electrons. The molecule has 0 aromatic heterocycles. The van der Waals surface area contributed by atoms with Gasteiger partial charge >= 0.3 is 51.7 Å². The fourth-order valence-corrected chi connectivity index (χ4v) is 9.47. The number of anilines is 2. The summed E-state index contributed by atoms with van der Waals surface area (Å²) >= 11 is 0. The van der Waals surface area contributed by atoms with E-state index < -0.39 is 0 Å². The summed E-state index contributed by atoms with van der Waals surface area (Å²) in [7, 11) is 0. The third kappa shape index (κ3) is 43.0. The largest absolute Gasteiger partial charge is 4.00 e. The molecule has 10 heteroatoms. The maximum absolute atomic E-state index is 4.69. The quantitative estimate of drug-likeness (QED) is 0.0331. The number of hydrogen-bond donors (Lipinski definition) is 2. The number of aliphatic imine (C=N–C) groups is 4. The van der Waals surface area contributed by atoms with Gasteiger partial charge in [-0.25, -0.2) is 0 Å². The van der Waals surface area contributed by atoms with Crippen molar-refractivity contribution in [2.75, 3.05) is 36.8 Å². The standard InChI is InChI=1S/C25H36N4.C25H34N4.6C7H7.2Hf/c2*1-18-12-10-13-19(2)24(18)28-22(5)26-16-8-7-9-17-27-23(6)29-25-20(3)14-11-15-21(25)4;6*1-7-5-3-2-4-6-7;;/h10-15H,7-9,16-17H2,1-6H3,(H,26,28)(H,27,29);10-15H,7-9,16-17H2,1-6H3;6*2-6H,1H2;;/q;-2;6*-1;2*+4. The van der Waals surface area contributed by atoms with E-state index in [9.17, 15) is 0 Å². The molecule has 0 heterocycles. The Morgan fingerprint density at radius 1 is 0.275 bits per heavy atom. The Labute approximate surface area is 655 Å². The van der Waals surface area contributed by atoms with E-state index in [4.69, 9.17) is 0 Å². The smallest absolute Gasteiger partial charge is 0.469 e. The third-order valence-corrected chi connectivity index (χ3v) is 15.1. The summed E-state index contributed by atoms with van der Waals surface area (Å²) in [5.74, 6) is 3.66. The third-order valence-electron chi connectivity index (χ3n) is 15.1. The fourth-order valence-electron chi connectivity index (χ4n) is 9.47. The molecular formula is C92H112Hf2N8. The minimum absolute atomic E-state index is 0. The molecule has 0 unspecified atom stereocenters. The van der Waals surface area contributed by atoms with Gasteiger partial charge in [0.1, 0.15) is 0 Å². The Balaban J connectivity index is 0.000000645. The molecule has 0 spiro atoms. The molecule has 0 aliphatic rings. The van der Waals surface area contributed by atoms with Gasteiger partial charge in [0.05, 0.1) is 11.7 Å². The van der Waals surface area contributed by atoms with E-state index in [0.29, 0.717) is 0 Å². The Morgan fingerprint density at radius 2 is 0.480 bits per heavy atom. The molecule has 2 N–H and O–H groups in total. The van der Waals surface area contributed by atoms with Gasteiger partial charge in [-0.05, 0) is 158 Å². The Hall–Kier alpha value is -8.96. The van der Waals surface area contributed by atoms with Crippen LogP contribution in [0.5, 0.6) is 0 Å². The summed E-state index contributed by atoms with van der Waals surface area (Å²) in [6.07, 6.45) is 6.54. The van der Waals surface area contributed by atoms with Crippen molar-refractivity contribution in [2.45, 2.75) is 122 Å². The summed E-state index contributed by atoms with van der Waals surface area (Å²) in [4.78, 5) is 18.7. The van der Waals surface area contributed by atoms with Gasteiger partial charge in [-0.3, -0.25) is 9.98 Å². The van der Waals surface area contributed by atoms with Crippen molar-refractivity contribution in [2.24, 2.45) is 20.0 Å². The van der Waals surface area contributed by atoms with E-state index in [2.05, 4.69) is 211 Å². The van der Waals surface area contributed by atoms with Crippen LogP contribution < -0.4 is 10.6 Å². The van der Waals surface area contributed by atoms with Crippen molar-refractivity contribution < 1.29 is 51.7 Å². The van der Waals surface area contributed by atoms with Crippen LogP contribution in [0, 0.1) is 96.9 Å². The van der Waals surface area contributed by atoms with E-state index in [1.807, 2.05) is 210 Å². The van der Waals surface area contributed by atoms with Gasteiger partial charge in [-0.1, -0.05) is 153 Å². The summed E-state index contributed by atoms with van der Waals surface area (Å²) in [5, 5.41) is 16.1. The first kappa shape index (κ1) is 91.1. The van der Waals surface area contributed by atoms with E-state index >= 15 is 0 Å². The molecule has 0 aliphatic carbocycles. The first-order valence-electron chi connectivity index (χ1n) is 34.6. The number of benzene rings is 10. The van der Waals surface area contributed by atoms with Crippen molar-refractivity contribution in [1.82, 2.24) is 0 Å². The van der Waals surface area contributed by atoms with Crippen LogP contribution in [0.15, 0.2) is 275 Å². The maximum Gasteiger partial charge on any atom is 4.00 e. The molecule has 10 aromatic carbocycles. The Morgan fingerprint density at radius 3 is 0.686 bits per heavy atom. The second-order valence-corrected chi connectivity index (χ2v) is 24.3. The van der Waals surface area contributed by atoms with E-state index in [1.165, 1.54) is 55.9 Å². The fraction of sp³-hybridized carbons (Fsp3) is 0.239. The van der Waals surface area contributed by atoms with Gasteiger partial charge in [0.25, 0.3) is 0 Å². The molecule has 0 bridgehead atoms. The zero-order valence-electron chi connectivity index (χ0n) is 63.2. The first-order chi connectivity index (χ1) is 48.1. The zero-order valence-corrected chi connectivity index (χ0v) is 70.4. The molecule has 0 amide bonds. The number of rotatable bonds is 16. The van der Waals surface area contributed by atoms with Crippen LogP contribution in [-0.2, 0) is 51.7 Å². The average molecular weight is 1690 g/mol. The number of hydrogen-bond acceptors (Lipinski definition) is 4. The average Bonchev–Trinajstić information content (AvgIpc) is 0.894. The minimum Gasteiger partial charge on any atom is -0.469 e. The SMILES string of the molecule is CC(=NCCCCCN=C(C)Nc1c(C)cccc1C)Nc1c(C)cccc1C.CC(=Nc1c(C)cccc1C)[N-]CCCCC[N-]C(C)=Nc1c(C)cccc1C.[CH2-]c1ccccc1.[CH2-]c1ccccc1.[CH2-]c1ccccc1.[CH2-]c1ccccc1.[CH2-]c1ccccc1.[CH2-]c1ccccc1.[Hf+4].[Hf+4]. The van der Waals surface area contributed by atoms with Crippen LogP contribution in [0.1, 0.15) is 144 Å². The number of aryl methyl sites for hydroxylation is 8. The molecule has 10 aromatic rings. The van der Waals surface area contributed by atoms with Gasteiger partial charge in [-0.2, -0.15) is 148 Å². The molecule has 0 atom stereocenters. The van der Waals surface area contributed by atoms with E-state index in [-0.39, 0.29) is 51.7 Å². The number of para-hydroxylation sites is 4. The summed E-state index contributed by atoms with van der Waals surface area (Å²) in [6.45, 7) is 50.6. The number of nitrogens with one attached hydrogen (secondary N) is 2. The van der Waals surface area contributed by atoms with Gasteiger partial charge in [0.15, 0.2) is 0 Å². The van der Waals surface area contributed by atoms with Crippen molar-refractivity contribution >= 4 is 46.1 Å². The van der Waals surface area contributed by atoms with Crippen LogP contribution in [0.2, 0.25) is 0 Å². The molecular weight excluding hydrogens is 1570 g/mol. The van der Waals surface area contributed by atoms with Crippen LogP contribution in [-0.4, -0.2) is 49.5 Å². The van der Waals surface area contributed by atoms with Crippen LogP contribution >= 0.6 is 0 Å². The van der Waals surface area contributed by atoms with Gasteiger partial charge < -0.3 is 31.3 Å². The Kier molecular flexibility index (Phi) is 49.7. The van der Waals surface area contributed by atoms with Gasteiger partial charge in [0, 0.05) is 24.5 Å². The summed E-state index contributed by atoms with van der Waals surface area (Å²) in [5.41, 5.74) is 20.7. The monoisotopic (exact) mass is 1690 g/mol. The minimum atomic E-state index is 0. The predicted octanol–water partition coefficient (Wildman–Crippen LogP) is 25.3. The normalized spacial score (nSPS) is 10.5. The Bertz CT molecular complexity index is 3400. The maximum atomic E-state index is 4.69. The summed E-state index contributed by atoms with van der Waals surface area (Å²) in [6, 6.07) is 84.4. The van der Waals surface area contributed by atoms with Crippen molar-refractivity contribution in [1.29, 1.82) is 0 Å². The molecule has 0 fully saturated rings. The topological polar surface area (TPSA) is 102 Å². The molecule has 102 heavy (non-hydrogen) atoms. The van der Waals surface area contributed by atoms with Crippen molar-refractivity contribution in [3.05, 3.63) is 385 Å². The predicted molar refractivity (Wildman–Crippen MR) is 442 cm³/mol. The molecule has 528 valence electrons. The molecule has 0 aliphatic heterocycles. The second kappa shape index (κ2) is 55.7. The first-order valence-corrected chi connectivity index (χ1v) is 34.6. The van der Waals surface area contributed by atoms with E-state index in [0.717, 1.165) is 133 Å². The number of nitrogens with zero attached hydrogens (tertiary/aromatic N) is 6. The zero-order chi connectivity index (χ0) is 73.1. The number of unbranched alkanes of at least 4 members (excludes halogenated alkanes) is 4. The van der Waals surface area contributed by atoms with Crippen molar-refractivity contribution in [3.63, 3.8) is 0 Å². The summed E-state index contributed by atoms with van der Waals surface area (Å²) < 4.78 is 0. The van der Waals surface area contributed by atoms with Crippen molar-refractivity contribution in [3.8, 4) is 0 Å². The molecule has 8 nitrogen and oxygen atoms in total. The van der Waals surface area contributed by atoms with Crippen LogP contribution in [0.4, 0.5) is 22.7 Å². The number of amidine groups is 4. The second-order valence-electron chi connectivity index (χ2n) is 24.3. The van der Waals surface area contributed by atoms with Crippen LogP contribution in [0.3, 0.4) is 0 Å². The van der Waals surface area contributed by atoms with Crippen LogP contribution in [0.25, 0.3) is 10.6 Å². The molecule has 0 saturated carbocycles. The van der Waals surface area contributed by atoms with E-state index in [1.54, 1.807) is 0 Å². The molecule has 10 rings (SSSR count).